The van der Waals surface area contributed by atoms with Gasteiger partial charge in [0.15, 0.2) is 11.3 Å². The quantitative estimate of drug-likeness (QED) is 0.360. The van der Waals surface area contributed by atoms with Crippen LogP contribution in [-0.2, 0) is 17.0 Å². The van der Waals surface area contributed by atoms with Crippen LogP contribution in [0.15, 0.2) is 59.1 Å². The van der Waals surface area contributed by atoms with E-state index in [0.29, 0.717) is 15.9 Å². The van der Waals surface area contributed by atoms with Gasteiger partial charge in [0.25, 0.3) is 5.03 Å². The zero-order valence-corrected chi connectivity index (χ0v) is 16.2. The van der Waals surface area contributed by atoms with Crippen LogP contribution in [0.2, 0.25) is 0 Å². The van der Waals surface area contributed by atoms with Crippen LogP contribution < -0.4 is 9.63 Å². The highest BCUT2D eigenvalue weighted by Gasteiger charge is 2.20. The van der Waals surface area contributed by atoms with Crippen LogP contribution in [0.4, 0.5) is 10.8 Å². The molecule has 0 unspecified atom stereocenters. The number of aryl methyl sites for hydroxylation is 1. The van der Waals surface area contributed by atoms with Crippen LogP contribution in [0.1, 0.15) is 25.1 Å². The number of carbonyl (C=O) groups excluding carboxylic acids is 1. The molecule has 26 heavy (non-hydrogen) atoms. The van der Waals surface area contributed by atoms with Crippen LogP contribution in [0, 0.1) is 5.21 Å². The minimum Gasteiger partial charge on any atom is -0.618 e. The summed E-state index contributed by atoms with van der Waals surface area (Å²) >= 11 is 2.86. The summed E-state index contributed by atoms with van der Waals surface area (Å²) in [6.07, 6.45) is 2.32. The van der Waals surface area contributed by atoms with Gasteiger partial charge in [0.1, 0.15) is 0 Å². The average molecular weight is 386 g/mol. The van der Waals surface area contributed by atoms with Crippen molar-refractivity contribution in [3.05, 3.63) is 70.5 Å². The summed E-state index contributed by atoms with van der Waals surface area (Å²) in [6, 6.07) is 13.2. The molecule has 0 atom stereocenters. The van der Waals surface area contributed by atoms with Crippen LogP contribution in [0.5, 0.6) is 0 Å². The molecule has 0 fully saturated rings. The van der Waals surface area contributed by atoms with Crippen molar-refractivity contribution in [2.75, 3.05) is 4.90 Å². The van der Waals surface area contributed by atoms with E-state index in [1.165, 1.54) is 29.3 Å². The molecule has 0 aliphatic carbocycles. The molecule has 7 heteroatoms. The van der Waals surface area contributed by atoms with Gasteiger partial charge in [-0.25, -0.2) is 4.98 Å². The predicted molar refractivity (Wildman–Crippen MR) is 106 cm³/mol. The molecular weight excluding hydrogens is 366 g/mol. The highest BCUT2D eigenvalue weighted by atomic mass is 32.2. The normalized spacial score (nSPS) is 10.7. The number of hydrogen-bond donors (Lipinski definition) is 0. The second-order valence-corrected chi connectivity index (χ2v) is 7.44. The van der Waals surface area contributed by atoms with Crippen molar-refractivity contribution in [1.82, 2.24) is 4.98 Å². The van der Waals surface area contributed by atoms with Crippen molar-refractivity contribution >= 4 is 39.8 Å². The van der Waals surface area contributed by atoms with Gasteiger partial charge in [-0.15, -0.1) is 11.3 Å². The summed E-state index contributed by atoms with van der Waals surface area (Å²) in [7, 11) is 0. The Balaban J connectivity index is 1.82. The second-order valence-electron chi connectivity index (χ2n) is 5.61. The maximum atomic E-state index is 12.3. The summed E-state index contributed by atoms with van der Waals surface area (Å²) < 4.78 is 0.845. The SMILES string of the molecule is CCc1ccccc1N(C(C)=O)c1nc(CSc2cccc[n+]2[O-])cs1. The predicted octanol–water partition coefficient (Wildman–Crippen LogP) is 4.32. The number of para-hydroxylation sites is 1. The molecule has 0 saturated heterocycles. The Bertz CT molecular complexity index is 911. The van der Waals surface area contributed by atoms with Gasteiger partial charge < -0.3 is 5.21 Å². The fourth-order valence-corrected chi connectivity index (χ4v) is 4.36. The Morgan fingerprint density at radius 2 is 2.04 bits per heavy atom. The minimum absolute atomic E-state index is 0.0695. The number of nitrogens with zero attached hydrogens (tertiary/aromatic N) is 3. The first-order valence-electron chi connectivity index (χ1n) is 8.24. The maximum absolute atomic E-state index is 12.3. The van der Waals surface area contributed by atoms with E-state index < -0.39 is 0 Å². The second kappa shape index (κ2) is 8.33. The van der Waals surface area contributed by atoms with Gasteiger partial charge in [0, 0.05) is 30.2 Å². The van der Waals surface area contributed by atoms with Gasteiger partial charge in [-0.05, 0) is 35.9 Å². The number of hydrogen-bond acceptors (Lipinski definition) is 5. The molecule has 2 heterocycles. The summed E-state index contributed by atoms with van der Waals surface area (Å²) in [5, 5.41) is 14.9. The van der Waals surface area contributed by atoms with E-state index in [1.54, 1.807) is 24.0 Å². The van der Waals surface area contributed by atoms with Crippen LogP contribution in [-0.4, -0.2) is 10.9 Å². The first-order valence-corrected chi connectivity index (χ1v) is 10.1. The number of amides is 1. The number of rotatable bonds is 6. The molecule has 0 bridgehead atoms. The summed E-state index contributed by atoms with van der Waals surface area (Å²) in [6.45, 7) is 3.62. The van der Waals surface area contributed by atoms with Crippen LogP contribution in [0.3, 0.4) is 0 Å². The summed E-state index contributed by atoms with van der Waals surface area (Å²) in [5.41, 5.74) is 2.82. The maximum Gasteiger partial charge on any atom is 0.251 e. The van der Waals surface area contributed by atoms with E-state index in [4.69, 9.17) is 0 Å². The number of carbonyl (C=O) groups is 1. The van der Waals surface area contributed by atoms with Crippen molar-refractivity contribution in [2.45, 2.75) is 31.0 Å². The monoisotopic (exact) mass is 385 g/mol. The molecule has 3 rings (SSSR count). The third-order valence-electron chi connectivity index (χ3n) is 3.82. The van der Waals surface area contributed by atoms with E-state index in [9.17, 15) is 10.0 Å². The van der Waals surface area contributed by atoms with Gasteiger partial charge >= 0.3 is 0 Å². The van der Waals surface area contributed by atoms with E-state index in [-0.39, 0.29) is 5.91 Å². The van der Waals surface area contributed by atoms with Gasteiger partial charge in [0.2, 0.25) is 5.91 Å². The molecular formula is C19H19N3O2S2. The van der Waals surface area contributed by atoms with Gasteiger partial charge in [0.05, 0.1) is 11.4 Å². The molecule has 0 N–H and O–H groups in total. The van der Waals surface area contributed by atoms with E-state index in [2.05, 4.69) is 11.9 Å². The van der Waals surface area contributed by atoms with Crippen molar-refractivity contribution in [1.29, 1.82) is 0 Å². The largest absolute Gasteiger partial charge is 0.618 e. The first-order chi connectivity index (χ1) is 12.6. The molecule has 1 amide bonds. The van der Waals surface area contributed by atoms with Crippen molar-refractivity contribution in [2.24, 2.45) is 0 Å². The van der Waals surface area contributed by atoms with Crippen LogP contribution >= 0.6 is 23.1 Å². The number of benzene rings is 1. The molecule has 1 aromatic carbocycles. The molecule has 0 radical (unpaired) electrons. The van der Waals surface area contributed by atoms with Crippen molar-refractivity contribution < 1.29 is 9.52 Å². The van der Waals surface area contributed by atoms with E-state index in [1.807, 2.05) is 35.7 Å². The zero-order chi connectivity index (χ0) is 18.5. The van der Waals surface area contributed by atoms with E-state index in [0.717, 1.165) is 28.1 Å². The first kappa shape index (κ1) is 18.4. The molecule has 0 aliphatic heterocycles. The Hall–Kier alpha value is -2.38. The Morgan fingerprint density at radius 3 is 2.77 bits per heavy atom. The Kier molecular flexibility index (Phi) is 5.90. The lowest BCUT2D eigenvalue weighted by atomic mass is 10.1. The molecule has 0 saturated carbocycles. The topological polar surface area (TPSA) is 60.1 Å². The third-order valence-corrected chi connectivity index (χ3v) is 5.74. The Morgan fingerprint density at radius 1 is 1.27 bits per heavy atom. The zero-order valence-electron chi connectivity index (χ0n) is 14.6. The smallest absolute Gasteiger partial charge is 0.251 e. The lowest BCUT2D eigenvalue weighted by Gasteiger charge is -2.20. The fourth-order valence-electron chi connectivity index (χ4n) is 2.57. The van der Waals surface area contributed by atoms with Crippen molar-refractivity contribution in [3.63, 3.8) is 0 Å². The minimum atomic E-state index is -0.0695. The molecule has 134 valence electrons. The molecule has 0 spiro atoms. The van der Waals surface area contributed by atoms with E-state index >= 15 is 0 Å². The van der Waals surface area contributed by atoms with Crippen LogP contribution in [0.25, 0.3) is 0 Å². The molecule has 0 aliphatic rings. The number of aromatic nitrogens is 2. The fraction of sp³-hybridized carbons (Fsp3) is 0.211. The highest BCUT2D eigenvalue weighted by molar-refractivity contribution is 7.98. The lowest BCUT2D eigenvalue weighted by Crippen LogP contribution is -2.27. The number of thiazole rings is 1. The third kappa shape index (κ3) is 4.05. The van der Waals surface area contributed by atoms with Crippen molar-refractivity contribution in [3.8, 4) is 0 Å². The average Bonchev–Trinajstić information content (AvgIpc) is 3.10. The number of thioether (sulfide) groups is 1. The highest BCUT2D eigenvalue weighted by Crippen LogP contribution is 2.32. The van der Waals surface area contributed by atoms with Gasteiger partial charge in [-0.3, -0.25) is 9.69 Å². The number of anilines is 2. The molecule has 3 aromatic rings. The van der Waals surface area contributed by atoms with Gasteiger partial charge in [-0.2, -0.15) is 4.73 Å². The summed E-state index contributed by atoms with van der Waals surface area (Å²) in [4.78, 5) is 18.6. The molecule has 2 aromatic heterocycles. The van der Waals surface area contributed by atoms with Gasteiger partial charge in [-0.1, -0.05) is 25.1 Å². The Labute approximate surface area is 160 Å². The molecule has 5 nitrogen and oxygen atoms in total. The number of pyridine rings is 1. The lowest BCUT2D eigenvalue weighted by molar-refractivity contribution is -0.645. The summed E-state index contributed by atoms with van der Waals surface area (Å²) in [5.74, 6) is 0.504. The standard InChI is InChI=1S/C19H19N3O2S2/c1-3-15-8-4-5-9-17(15)22(14(2)23)19-20-16(13-26-19)12-25-18-10-6-7-11-21(18)24/h4-11,13H,3,12H2,1-2H3.